The van der Waals surface area contributed by atoms with E-state index < -0.39 is 18.9 Å². The highest BCUT2D eigenvalue weighted by molar-refractivity contribution is 5.66. The third-order valence-electron chi connectivity index (χ3n) is 1.87. The van der Waals surface area contributed by atoms with E-state index in [1.54, 1.807) is 0 Å². The van der Waals surface area contributed by atoms with Gasteiger partial charge in [0.05, 0.1) is 6.10 Å². The van der Waals surface area contributed by atoms with E-state index in [-0.39, 0.29) is 12.8 Å². The maximum atomic E-state index is 10.2. The molecule has 0 radical (unpaired) electrons. The standard InChI is InChI=1S/C10H20O3/c1-9(11)7-5-3-2-4-6-8-10(12)13/h9,11H,2-8H2,1H3,(H,12,13)/i1D3. The first-order valence-corrected chi connectivity index (χ1v) is 4.74. The van der Waals surface area contributed by atoms with Gasteiger partial charge in [-0.3, -0.25) is 4.79 Å². The molecule has 1 unspecified atom stereocenters. The predicted octanol–water partition coefficient (Wildman–Crippen LogP) is 2.18. The maximum absolute atomic E-state index is 10.2. The summed E-state index contributed by atoms with van der Waals surface area (Å²) in [4.78, 5) is 10.2. The average Bonchev–Trinajstić information content (AvgIpc) is 2.14. The van der Waals surface area contributed by atoms with Crippen LogP contribution in [0.3, 0.4) is 0 Å². The molecule has 1 atom stereocenters. The lowest BCUT2D eigenvalue weighted by Crippen LogP contribution is -1.98. The van der Waals surface area contributed by atoms with E-state index in [0.29, 0.717) is 12.8 Å². The van der Waals surface area contributed by atoms with Crippen LogP contribution in [0.25, 0.3) is 0 Å². The van der Waals surface area contributed by atoms with Crippen molar-refractivity contribution in [2.75, 3.05) is 0 Å². The first-order chi connectivity index (χ1) is 7.34. The van der Waals surface area contributed by atoms with Crippen LogP contribution in [0.1, 0.15) is 55.9 Å². The second-order valence-electron chi connectivity index (χ2n) is 3.22. The van der Waals surface area contributed by atoms with Gasteiger partial charge in [-0.15, -0.1) is 0 Å². The molecule has 0 bridgehead atoms. The van der Waals surface area contributed by atoms with Crippen molar-refractivity contribution in [2.24, 2.45) is 0 Å². The molecule has 0 aliphatic heterocycles. The fraction of sp³-hybridized carbons (Fsp3) is 0.900. The Kier molecular flexibility index (Phi) is 4.83. The summed E-state index contributed by atoms with van der Waals surface area (Å²) in [5.74, 6) is -0.780. The molecule has 0 rings (SSSR count). The number of aliphatic hydroxyl groups is 1. The first kappa shape index (κ1) is 7.80. The lowest BCUT2D eigenvalue weighted by atomic mass is 10.1. The van der Waals surface area contributed by atoms with Crippen molar-refractivity contribution >= 4 is 5.97 Å². The van der Waals surface area contributed by atoms with E-state index in [1.165, 1.54) is 0 Å². The number of hydrogen-bond donors (Lipinski definition) is 2. The summed E-state index contributed by atoms with van der Waals surface area (Å²) in [6.45, 7) is -2.27. The zero-order chi connectivity index (χ0) is 12.6. The number of aliphatic hydroxyl groups excluding tert-OH is 1. The molecule has 13 heavy (non-hydrogen) atoms. The van der Waals surface area contributed by atoms with Gasteiger partial charge in [-0.1, -0.05) is 25.7 Å². The summed E-state index contributed by atoms with van der Waals surface area (Å²) < 4.78 is 20.8. The molecule has 0 aliphatic rings. The molecule has 0 saturated carbocycles. The van der Waals surface area contributed by atoms with Gasteiger partial charge in [-0.05, 0) is 19.7 Å². The van der Waals surface area contributed by atoms with Gasteiger partial charge in [0, 0.05) is 10.5 Å². The predicted molar refractivity (Wildman–Crippen MR) is 51.6 cm³/mol. The smallest absolute Gasteiger partial charge is 0.303 e. The molecule has 3 nitrogen and oxygen atoms in total. The maximum Gasteiger partial charge on any atom is 0.303 e. The summed E-state index contributed by atoms with van der Waals surface area (Å²) in [6, 6.07) is 0. The van der Waals surface area contributed by atoms with Gasteiger partial charge in [0.1, 0.15) is 0 Å². The highest BCUT2D eigenvalue weighted by atomic mass is 16.4. The van der Waals surface area contributed by atoms with Gasteiger partial charge in [0.2, 0.25) is 0 Å². The van der Waals surface area contributed by atoms with Crippen molar-refractivity contribution in [3.05, 3.63) is 0 Å². The minimum absolute atomic E-state index is 0.192. The van der Waals surface area contributed by atoms with Crippen LogP contribution in [0, 0.1) is 0 Å². The molecular formula is C10H20O3. The Morgan fingerprint density at radius 2 is 1.92 bits per heavy atom. The highest BCUT2D eigenvalue weighted by Gasteiger charge is 1.97. The van der Waals surface area contributed by atoms with Gasteiger partial charge in [-0.25, -0.2) is 0 Å². The van der Waals surface area contributed by atoms with E-state index in [9.17, 15) is 9.90 Å². The molecule has 0 saturated heterocycles. The van der Waals surface area contributed by atoms with Crippen LogP contribution in [0.4, 0.5) is 0 Å². The molecule has 2 N–H and O–H groups in total. The molecule has 0 amide bonds. The highest BCUT2D eigenvalue weighted by Crippen LogP contribution is 2.08. The summed E-state index contributed by atoms with van der Waals surface area (Å²) in [6.07, 6.45) is 3.16. The van der Waals surface area contributed by atoms with Crippen LogP contribution >= 0.6 is 0 Å². The third kappa shape index (κ3) is 11.4. The Balaban J connectivity index is 3.31. The number of carbonyl (C=O) groups is 1. The quantitative estimate of drug-likeness (QED) is 0.578. The molecule has 78 valence electrons. The van der Waals surface area contributed by atoms with E-state index in [4.69, 9.17) is 9.22 Å². The Labute approximate surface area is 84.0 Å². The molecule has 0 fully saturated rings. The molecule has 0 heterocycles. The number of carboxylic acid groups (broad SMARTS) is 1. The van der Waals surface area contributed by atoms with Crippen LogP contribution in [0.2, 0.25) is 0 Å². The average molecular weight is 191 g/mol. The van der Waals surface area contributed by atoms with Crippen LogP contribution in [-0.2, 0) is 4.79 Å². The van der Waals surface area contributed by atoms with Crippen LogP contribution in [0.5, 0.6) is 0 Å². The van der Waals surface area contributed by atoms with Crippen molar-refractivity contribution in [1.29, 1.82) is 0 Å². The zero-order valence-corrected chi connectivity index (χ0v) is 7.83. The SMILES string of the molecule is [2H]C([2H])([2H])C(O)CCCCCCCC(=O)O. The van der Waals surface area contributed by atoms with Gasteiger partial charge in [0.25, 0.3) is 0 Å². The number of aliphatic carboxylic acids is 1. The van der Waals surface area contributed by atoms with Gasteiger partial charge >= 0.3 is 5.97 Å². The minimum atomic E-state index is -2.27. The number of rotatable bonds is 8. The lowest BCUT2D eigenvalue weighted by Gasteiger charge is -2.02. The molecule has 0 aliphatic carbocycles. The number of hydrogen-bond acceptors (Lipinski definition) is 2. The molecular weight excluding hydrogens is 168 g/mol. The topological polar surface area (TPSA) is 57.5 Å². The summed E-state index contributed by atoms with van der Waals surface area (Å²) >= 11 is 0. The van der Waals surface area contributed by atoms with E-state index in [1.807, 2.05) is 0 Å². The van der Waals surface area contributed by atoms with Crippen LogP contribution in [-0.4, -0.2) is 22.3 Å². The Morgan fingerprint density at radius 1 is 1.31 bits per heavy atom. The molecule has 3 heteroatoms. The fourth-order valence-electron chi connectivity index (χ4n) is 1.14. The minimum Gasteiger partial charge on any atom is -0.481 e. The largest absolute Gasteiger partial charge is 0.481 e. The first-order valence-electron chi connectivity index (χ1n) is 6.24. The van der Waals surface area contributed by atoms with E-state index in [2.05, 4.69) is 0 Å². The second-order valence-corrected chi connectivity index (χ2v) is 3.22. The lowest BCUT2D eigenvalue weighted by molar-refractivity contribution is -0.137. The molecule has 0 aromatic carbocycles. The number of unbranched alkanes of at least 4 members (excludes halogenated alkanes) is 4. The van der Waals surface area contributed by atoms with Crippen molar-refractivity contribution in [3.63, 3.8) is 0 Å². The zero-order valence-electron chi connectivity index (χ0n) is 10.8. The Morgan fingerprint density at radius 3 is 2.54 bits per heavy atom. The molecule has 0 spiro atoms. The van der Waals surface area contributed by atoms with Crippen molar-refractivity contribution < 1.29 is 19.1 Å². The number of carboxylic acids is 1. The fourth-order valence-corrected chi connectivity index (χ4v) is 1.14. The Hall–Kier alpha value is -0.570. The summed E-state index contributed by atoms with van der Waals surface area (Å²) in [5.41, 5.74) is 0. The summed E-state index contributed by atoms with van der Waals surface area (Å²) in [7, 11) is 0. The molecule has 0 aromatic rings. The normalized spacial score (nSPS) is 17.2. The summed E-state index contributed by atoms with van der Waals surface area (Å²) in [5, 5.41) is 17.6. The molecule has 0 aromatic heterocycles. The second kappa shape index (κ2) is 8.05. The van der Waals surface area contributed by atoms with Crippen LogP contribution in [0.15, 0.2) is 0 Å². The Bertz CT molecular complexity index is 204. The van der Waals surface area contributed by atoms with Crippen molar-refractivity contribution in [1.82, 2.24) is 0 Å². The third-order valence-corrected chi connectivity index (χ3v) is 1.87. The van der Waals surface area contributed by atoms with Gasteiger partial charge < -0.3 is 10.2 Å². The monoisotopic (exact) mass is 191 g/mol. The van der Waals surface area contributed by atoms with Gasteiger partial charge in [0.15, 0.2) is 0 Å². The van der Waals surface area contributed by atoms with Gasteiger partial charge in [-0.2, -0.15) is 0 Å². The van der Waals surface area contributed by atoms with Crippen LogP contribution < -0.4 is 0 Å². The van der Waals surface area contributed by atoms with Crippen molar-refractivity contribution in [2.45, 2.75) is 57.9 Å². The van der Waals surface area contributed by atoms with E-state index in [0.717, 1.165) is 19.3 Å². The van der Waals surface area contributed by atoms with E-state index >= 15 is 0 Å². The van der Waals surface area contributed by atoms with Crippen molar-refractivity contribution in [3.8, 4) is 0 Å².